The van der Waals surface area contributed by atoms with Crippen molar-refractivity contribution in [2.45, 2.75) is 19.9 Å². The third kappa shape index (κ3) is 2.62. The van der Waals surface area contributed by atoms with Crippen molar-refractivity contribution in [2.24, 2.45) is 0 Å². The maximum Gasteiger partial charge on any atom is 0.0592 e. The first-order valence-corrected chi connectivity index (χ1v) is 6.77. The zero-order chi connectivity index (χ0) is 13.1. The highest BCUT2D eigenvalue weighted by atomic mass is 79.9. The SMILES string of the molecule is CNC(c1ccc(C)nc1)c1cccc(Br)c1C. The van der Waals surface area contributed by atoms with Crippen molar-refractivity contribution >= 4 is 15.9 Å². The van der Waals surface area contributed by atoms with Gasteiger partial charge < -0.3 is 5.32 Å². The molecule has 0 aliphatic rings. The quantitative estimate of drug-likeness (QED) is 0.933. The van der Waals surface area contributed by atoms with Crippen molar-refractivity contribution in [1.82, 2.24) is 10.3 Å². The number of aryl methyl sites for hydroxylation is 1. The van der Waals surface area contributed by atoms with Gasteiger partial charge in [0.05, 0.1) is 6.04 Å². The first-order valence-electron chi connectivity index (χ1n) is 5.98. The molecule has 0 amide bonds. The lowest BCUT2D eigenvalue weighted by Crippen LogP contribution is -2.19. The molecule has 1 aromatic carbocycles. The molecule has 1 heterocycles. The van der Waals surface area contributed by atoms with Gasteiger partial charge in [0.25, 0.3) is 0 Å². The second kappa shape index (κ2) is 5.63. The Labute approximate surface area is 117 Å². The molecule has 0 saturated carbocycles. The van der Waals surface area contributed by atoms with Gasteiger partial charge in [0.15, 0.2) is 0 Å². The van der Waals surface area contributed by atoms with Gasteiger partial charge in [0.1, 0.15) is 0 Å². The number of pyridine rings is 1. The number of rotatable bonds is 3. The predicted molar refractivity (Wildman–Crippen MR) is 78.8 cm³/mol. The molecule has 1 unspecified atom stereocenters. The molecule has 0 aliphatic carbocycles. The van der Waals surface area contributed by atoms with Crippen LogP contribution in [-0.4, -0.2) is 12.0 Å². The van der Waals surface area contributed by atoms with Crippen molar-refractivity contribution < 1.29 is 0 Å². The molecule has 0 spiro atoms. The smallest absolute Gasteiger partial charge is 0.0592 e. The van der Waals surface area contributed by atoms with Crippen LogP contribution in [0.3, 0.4) is 0 Å². The Kier molecular flexibility index (Phi) is 4.15. The molecule has 1 atom stereocenters. The zero-order valence-electron chi connectivity index (χ0n) is 10.9. The third-order valence-electron chi connectivity index (χ3n) is 3.18. The van der Waals surface area contributed by atoms with Crippen molar-refractivity contribution in [3.8, 4) is 0 Å². The summed E-state index contributed by atoms with van der Waals surface area (Å²) >= 11 is 3.58. The zero-order valence-corrected chi connectivity index (χ0v) is 12.5. The Hall–Kier alpha value is -1.19. The minimum atomic E-state index is 0.176. The lowest BCUT2D eigenvalue weighted by Gasteiger charge is -2.20. The van der Waals surface area contributed by atoms with E-state index < -0.39 is 0 Å². The molecule has 0 fully saturated rings. The van der Waals surface area contributed by atoms with Crippen LogP contribution in [0.25, 0.3) is 0 Å². The molecular formula is C15H17BrN2. The van der Waals surface area contributed by atoms with Gasteiger partial charge in [-0.15, -0.1) is 0 Å². The molecule has 0 bridgehead atoms. The fourth-order valence-corrected chi connectivity index (χ4v) is 2.47. The fraction of sp³-hybridized carbons (Fsp3) is 0.267. The molecule has 2 rings (SSSR count). The molecule has 1 aromatic heterocycles. The summed E-state index contributed by atoms with van der Waals surface area (Å²) in [4.78, 5) is 4.37. The fourth-order valence-electron chi connectivity index (χ4n) is 2.09. The van der Waals surface area contributed by atoms with E-state index in [1.54, 1.807) is 0 Å². The third-order valence-corrected chi connectivity index (χ3v) is 4.04. The number of hydrogen-bond acceptors (Lipinski definition) is 2. The van der Waals surface area contributed by atoms with Crippen molar-refractivity contribution in [1.29, 1.82) is 0 Å². The molecule has 2 aromatic rings. The number of nitrogens with one attached hydrogen (secondary N) is 1. The summed E-state index contributed by atoms with van der Waals surface area (Å²) in [6.07, 6.45) is 1.94. The summed E-state index contributed by atoms with van der Waals surface area (Å²) in [5.41, 5.74) is 4.76. The van der Waals surface area contributed by atoms with E-state index in [4.69, 9.17) is 0 Å². The minimum absolute atomic E-state index is 0.176. The van der Waals surface area contributed by atoms with Gasteiger partial charge in [-0.2, -0.15) is 0 Å². The summed E-state index contributed by atoms with van der Waals surface area (Å²) in [5, 5.41) is 3.36. The van der Waals surface area contributed by atoms with E-state index in [1.165, 1.54) is 16.7 Å². The molecule has 18 heavy (non-hydrogen) atoms. The Morgan fingerprint density at radius 3 is 2.56 bits per heavy atom. The van der Waals surface area contributed by atoms with E-state index in [2.05, 4.69) is 57.4 Å². The number of benzene rings is 1. The maximum absolute atomic E-state index is 4.37. The van der Waals surface area contributed by atoms with Crippen molar-refractivity contribution in [3.63, 3.8) is 0 Å². The van der Waals surface area contributed by atoms with Crippen LogP contribution in [0.2, 0.25) is 0 Å². The van der Waals surface area contributed by atoms with Crippen LogP contribution < -0.4 is 5.32 Å². The predicted octanol–water partition coefficient (Wildman–Crippen LogP) is 3.77. The van der Waals surface area contributed by atoms with Crippen molar-refractivity contribution in [2.75, 3.05) is 7.05 Å². The summed E-state index contributed by atoms with van der Waals surface area (Å²) < 4.78 is 1.14. The average molecular weight is 305 g/mol. The van der Waals surface area contributed by atoms with E-state index >= 15 is 0 Å². The van der Waals surface area contributed by atoms with Crippen LogP contribution in [-0.2, 0) is 0 Å². The van der Waals surface area contributed by atoms with Gasteiger partial charge >= 0.3 is 0 Å². The first kappa shape index (κ1) is 13.2. The van der Waals surface area contributed by atoms with E-state index in [0.717, 1.165) is 10.2 Å². The summed E-state index contributed by atoms with van der Waals surface area (Å²) in [6, 6.07) is 10.6. The lowest BCUT2D eigenvalue weighted by molar-refractivity contribution is 0.683. The molecule has 94 valence electrons. The molecule has 1 N–H and O–H groups in total. The average Bonchev–Trinajstić information content (AvgIpc) is 2.37. The second-order valence-electron chi connectivity index (χ2n) is 4.41. The number of nitrogens with zero attached hydrogens (tertiary/aromatic N) is 1. The monoisotopic (exact) mass is 304 g/mol. The Morgan fingerprint density at radius 2 is 1.94 bits per heavy atom. The first-order chi connectivity index (χ1) is 8.63. The van der Waals surface area contributed by atoms with Gasteiger partial charge in [0.2, 0.25) is 0 Å². The highest BCUT2D eigenvalue weighted by Gasteiger charge is 2.15. The minimum Gasteiger partial charge on any atom is -0.309 e. The molecule has 0 radical (unpaired) electrons. The lowest BCUT2D eigenvalue weighted by atomic mass is 9.96. The van der Waals surface area contributed by atoms with Gasteiger partial charge in [-0.05, 0) is 49.7 Å². The van der Waals surface area contributed by atoms with Crippen LogP contribution in [0.5, 0.6) is 0 Å². The summed E-state index contributed by atoms with van der Waals surface area (Å²) in [5.74, 6) is 0. The molecule has 0 saturated heterocycles. The standard InChI is InChI=1S/C15H17BrN2/c1-10-7-8-12(9-18-10)15(17-3)13-5-4-6-14(16)11(13)2/h4-9,15,17H,1-3H3. The largest absolute Gasteiger partial charge is 0.309 e. The van der Waals surface area contributed by atoms with Gasteiger partial charge in [-0.25, -0.2) is 0 Å². The number of halogens is 1. The Balaban J connectivity index is 2.45. The van der Waals surface area contributed by atoms with Crippen molar-refractivity contribution in [3.05, 3.63) is 63.4 Å². The van der Waals surface area contributed by atoms with Crippen LogP contribution in [0.1, 0.15) is 28.4 Å². The van der Waals surface area contributed by atoms with Gasteiger partial charge in [0, 0.05) is 16.4 Å². The van der Waals surface area contributed by atoms with E-state index in [1.807, 2.05) is 26.2 Å². The van der Waals surface area contributed by atoms with E-state index in [-0.39, 0.29) is 6.04 Å². The van der Waals surface area contributed by atoms with Crippen LogP contribution >= 0.6 is 15.9 Å². The topological polar surface area (TPSA) is 24.9 Å². The van der Waals surface area contributed by atoms with Crippen LogP contribution in [0.4, 0.5) is 0 Å². The Morgan fingerprint density at radius 1 is 1.17 bits per heavy atom. The Bertz CT molecular complexity index is 535. The molecule has 2 nitrogen and oxygen atoms in total. The van der Waals surface area contributed by atoms with Crippen LogP contribution in [0.15, 0.2) is 41.0 Å². The molecule has 0 aliphatic heterocycles. The number of aromatic nitrogens is 1. The normalized spacial score (nSPS) is 12.4. The van der Waals surface area contributed by atoms with E-state index in [9.17, 15) is 0 Å². The van der Waals surface area contributed by atoms with Gasteiger partial charge in [-0.3, -0.25) is 4.98 Å². The molecular weight excluding hydrogens is 288 g/mol. The van der Waals surface area contributed by atoms with E-state index in [0.29, 0.717) is 0 Å². The highest BCUT2D eigenvalue weighted by Crippen LogP contribution is 2.28. The molecule has 3 heteroatoms. The summed E-state index contributed by atoms with van der Waals surface area (Å²) in [6.45, 7) is 4.13. The maximum atomic E-state index is 4.37. The summed E-state index contributed by atoms with van der Waals surface area (Å²) in [7, 11) is 1.98. The second-order valence-corrected chi connectivity index (χ2v) is 5.26. The highest BCUT2D eigenvalue weighted by molar-refractivity contribution is 9.10. The number of hydrogen-bond donors (Lipinski definition) is 1. The van der Waals surface area contributed by atoms with Gasteiger partial charge in [-0.1, -0.05) is 34.1 Å². The van der Waals surface area contributed by atoms with Crippen LogP contribution in [0, 0.1) is 13.8 Å².